The van der Waals surface area contributed by atoms with Crippen LogP contribution in [0.4, 0.5) is 11.4 Å². The third-order valence-electron chi connectivity index (χ3n) is 3.77. The molecule has 5 nitrogen and oxygen atoms in total. The van der Waals surface area contributed by atoms with Gasteiger partial charge < -0.3 is 10.6 Å². The first kappa shape index (κ1) is 19.6. The molecule has 0 aliphatic rings. The molecule has 3 N–H and O–H groups in total. The summed E-state index contributed by atoms with van der Waals surface area (Å²) in [6.07, 6.45) is 0. The minimum Gasteiger partial charge on any atom is -0.332 e. The van der Waals surface area contributed by atoms with E-state index in [4.69, 9.17) is 12.2 Å². The highest BCUT2D eigenvalue weighted by atomic mass is 32.1. The fourth-order valence-electron chi connectivity index (χ4n) is 2.36. The van der Waals surface area contributed by atoms with Crippen LogP contribution in [0.25, 0.3) is 0 Å². The maximum atomic E-state index is 12.4. The van der Waals surface area contributed by atoms with Gasteiger partial charge in [-0.3, -0.25) is 14.9 Å². The molecule has 0 spiro atoms. The van der Waals surface area contributed by atoms with Crippen LogP contribution in [0.1, 0.15) is 35.3 Å². The van der Waals surface area contributed by atoms with E-state index in [-0.39, 0.29) is 22.8 Å². The first-order valence-corrected chi connectivity index (χ1v) is 8.77. The van der Waals surface area contributed by atoms with Crippen LogP contribution in [0.5, 0.6) is 0 Å². The molecule has 2 rings (SSSR count). The van der Waals surface area contributed by atoms with Crippen molar-refractivity contribution in [1.82, 2.24) is 5.32 Å². The highest BCUT2D eigenvalue weighted by Crippen LogP contribution is 2.16. The molecule has 0 aliphatic carbocycles. The van der Waals surface area contributed by atoms with Crippen molar-refractivity contribution in [2.24, 2.45) is 5.92 Å². The number of anilines is 2. The van der Waals surface area contributed by atoms with Gasteiger partial charge in [0.05, 0.1) is 0 Å². The quantitative estimate of drug-likeness (QED) is 0.712. The Hall–Kier alpha value is -2.73. The highest BCUT2D eigenvalue weighted by molar-refractivity contribution is 7.80. The van der Waals surface area contributed by atoms with Crippen LogP contribution >= 0.6 is 12.2 Å². The van der Waals surface area contributed by atoms with Gasteiger partial charge in [0.2, 0.25) is 5.91 Å². The summed E-state index contributed by atoms with van der Waals surface area (Å²) in [5.74, 6) is -0.429. The normalized spacial score (nSPS) is 10.3. The molecule has 0 aliphatic heterocycles. The Morgan fingerprint density at radius 2 is 1.62 bits per heavy atom. The van der Waals surface area contributed by atoms with Crippen molar-refractivity contribution < 1.29 is 9.59 Å². The smallest absolute Gasteiger partial charge is 0.257 e. The van der Waals surface area contributed by atoms with E-state index in [1.165, 1.54) is 0 Å². The Morgan fingerprint density at radius 3 is 2.23 bits per heavy atom. The molecule has 0 unspecified atom stereocenters. The summed E-state index contributed by atoms with van der Waals surface area (Å²) < 4.78 is 0. The zero-order chi connectivity index (χ0) is 19.3. The second-order valence-electron chi connectivity index (χ2n) is 6.45. The Morgan fingerprint density at radius 1 is 0.962 bits per heavy atom. The molecule has 0 heterocycles. The number of aryl methyl sites for hydroxylation is 2. The minimum absolute atomic E-state index is 0.0622. The maximum absolute atomic E-state index is 12.4. The molecule has 26 heavy (non-hydrogen) atoms. The number of nitrogens with one attached hydrogen (secondary N) is 3. The fraction of sp³-hybridized carbons (Fsp3) is 0.250. The van der Waals surface area contributed by atoms with Gasteiger partial charge >= 0.3 is 0 Å². The summed E-state index contributed by atoms with van der Waals surface area (Å²) in [6, 6.07) is 12.8. The van der Waals surface area contributed by atoms with Gasteiger partial charge in [-0.1, -0.05) is 37.6 Å². The van der Waals surface area contributed by atoms with Gasteiger partial charge in [-0.2, -0.15) is 0 Å². The molecule has 2 aromatic rings. The van der Waals surface area contributed by atoms with E-state index >= 15 is 0 Å². The number of hydrogen-bond donors (Lipinski definition) is 3. The molecule has 0 radical (unpaired) electrons. The number of rotatable bonds is 4. The molecule has 0 saturated carbocycles. The van der Waals surface area contributed by atoms with E-state index in [0.717, 1.165) is 11.1 Å². The number of benzene rings is 2. The van der Waals surface area contributed by atoms with E-state index in [0.29, 0.717) is 16.9 Å². The van der Waals surface area contributed by atoms with Crippen LogP contribution in [0.15, 0.2) is 42.5 Å². The van der Waals surface area contributed by atoms with Crippen LogP contribution in [0.3, 0.4) is 0 Å². The van der Waals surface area contributed by atoms with Gasteiger partial charge in [-0.25, -0.2) is 0 Å². The van der Waals surface area contributed by atoms with Crippen molar-refractivity contribution in [1.29, 1.82) is 0 Å². The lowest BCUT2D eigenvalue weighted by Crippen LogP contribution is -2.34. The van der Waals surface area contributed by atoms with Crippen molar-refractivity contribution in [3.05, 3.63) is 59.2 Å². The Kier molecular flexibility index (Phi) is 6.46. The maximum Gasteiger partial charge on any atom is 0.257 e. The summed E-state index contributed by atoms with van der Waals surface area (Å²) >= 11 is 5.22. The summed E-state index contributed by atoms with van der Waals surface area (Å²) in [5.41, 5.74) is 3.91. The van der Waals surface area contributed by atoms with E-state index in [1.54, 1.807) is 30.3 Å². The minimum atomic E-state index is -0.260. The number of carbonyl (C=O) groups is 2. The summed E-state index contributed by atoms with van der Waals surface area (Å²) in [7, 11) is 0. The van der Waals surface area contributed by atoms with Crippen molar-refractivity contribution in [2.45, 2.75) is 27.7 Å². The van der Waals surface area contributed by atoms with Gasteiger partial charge in [0, 0.05) is 22.9 Å². The predicted molar refractivity (Wildman–Crippen MR) is 110 cm³/mol. The van der Waals surface area contributed by atoms with Gasteiger partial charge in [-0.05, 0) is 55.9 Å². The Bertz CT molecular complexity index is 847. The predicted octanol–water partition coefficient (Wildman–Crippen LogP) is 4.02. The third-order valence-corrected chi connectivity index (χ3v) is 3.97. The average molecular weight is 369 g/mol. The van der Waals surface area contributed by atoms with E-state index in [2.05, 4.69) is 16.0 Å². The molecule has 0 bridgehead atoms. The molecule has 0 atom stereocenters. The average Bonchev–Trinajstić information content (AvgIpc) is 2.54. The van der Waals surface area contributed by atoms with Gasteiger partial charge in [-0.15, -0.1) is 0 Å². The molecule has 2 amide bonds. The second kappa shape index (κ2) is 8.58. The van der Waals surface area contributed by atoms with Crippen molar-refractivity contribution in [2.75, 3.05) is 10.6 Å². The molecule has 2 aromatic carbocycles. The van der Waals surface area contributed by atoms with E-state index < -0.39 is 0 Å². The zero-order valence-electron chi connectivity index (χ0n) is 15.3. The first-order valence-electron chi connectivity index (χ1n) is 8.37. The topological polar surface area (TPSA) is 70.2 Å². The molecule has 136 valence electrons. The van der Waals surface area contributed by atoms with Crippen LogP contribution < -0.4 is 16.0 Å². The molecule has 0 aromatic heterocycles. The van der Waals surface area contributed by atoms with Gasteiger partial charge in [0.1, 0.15) is 0 Å². The second-order valence-corrected chi connectivity index (χ2v) is 6.86. The highest BCUT2D eigenvalue weighted by Gasteiger charge is 2.11. The summed E-state index contributed by atoms with van der Waals surface area (Å²) in [5, 5.41) is 8.66. The number of thiocarbonyl (C=S) groups is 1. The standard InChI is InChI=1S/C20H23N3O2S/c1-12(2)18(24)21-15-6-5-7-16(11-15)22-20(26)23-19(25)17-9-8-13(3)10-14(17)4/h5-12H,1-4H3,(H,21,24)(H2,22,23,25,26). The van der Waals surface area contributed by atoms with Crippen LogP contribution in [-0.2, 0) is 4.79 Å². The fourth-order valence-corrected chi connectivity index (χ4v) is 2.57. The Labute approximate surface area is 159 Å². The number of amides is 2. The first-order chi connectivity index (χ1) is 12.3. The molecule has 0 saturated heterocycles. The lowest BCUT2D eigenvalue weighted by Gasteiger charge is -2.13. The molecule has 0 fully saturated rings. The molecular formula is C20H23N3O2S. The zero-order valence-corrected chi connectivity index (χ0v) is 16.2. The number of hydrogen-bond acceptors (Lipinski definition) is 3. The van der Waals surface area contributed by atoms with Gasteiger partial charge in [0.25, 0.3) is 5.91 Å². The van der Waals surface area contributed by atoms with E-state index in [1.807, 2.05) is 39.8 Å². The lowest BCUT2D eigenvalue weighted by atomic mass is 10.1. The largest absolute Gasteiger partial charge is 0.332 e. The summed E-state index contributed by atoms with van der Waals surface area (Å²) in [6.45, 7) is 7.52. The van der Waals surface area contributed by atoms with Crippen LogP contribution in [0.2, 0.25) is 0 Å². The molecule has 6 heteroatoms. The molecular weight excluding hydrogens is 346 g/mol. The number of carbonyl (C=O) groups excluding carboxylic acids is 2. The van der Waals surface area contributed by atoms with Crippen LogP contribution in [-0.4, -0.2) is 16.9 Å². The van der Waals surface area contributed by atoms with E-state index in [9.17, 15) is 9.59 Å². The van der Waals surface area contributed by atoms with Crippen molar-refractivity contribution in [3.8, 4) is 0 Å². The van der Waals surface area contributed by atoms with Crippen LogP contribution in [0, 0.1) is 19.8 Å². The summed E-state index contributed by atoms with van der Waals surface area (Å²) in [4.78, 5) is 24.2. The van der Waals surface area contributed by atoms with Gasteiger partial charge in [0.15, 0.2) is 5.11 Å². The third kappa shape index (κ3) is 5.39. The lowest BCUT2D eigenvalue weighted by molar-refractivity contribution is -0.118. The van der Waals surface area contributed by atoms with Crippen molar-refractivity contribution in [3.63, 3.8) is 0 Å². The SMILES string of the molecule is Cc1ccc(C(=O)NC(=S)Nc2cccc(NC(=O)C(C)C)c2)c(C)c1. The van der Waals surface area contributed by atoms with Crippen molar-refractivity contribution >= 4 is 40.5 Å². The Balaban J connectivity index is 2.01. The monoisotopic (exact) mass is 369 g/mol.